The highest BCUT2D eigenvalue weighted by Crippen LogP contribution is 2.24. The average Bonchev–Trinajstić information content (AvgIpc) is 2.60. The van der Waals surface area contributed by atoms with Gasteiger partial charge in [-0.1, -0.05) is 0 Å². The molecule has 0 atom stereocenters. The molecule has 8 heteroatoms. The minimum Gasteiger partial charge on any atom is -0.496 e. The number of ether oxygens (including phenoxy) is 2. The number of rotatable bonds is 7. The Bertz CT molecular complexity index is 565. The molecule has 0 bridgehead atoms. The second-order valence-corrected chi connectivity index (χ2v) is 6.75. The van der Waals surface area contributed by atoms with E-state index in [1.54, 1.807) is 18.2 Å². The average molecular weight is 416 g/mol. The molecule has 1 aliphatic heterocycles. The molecular weight excluding hydrogens is 392 g/mol. The Labute approximate surface area is 156 Å². The van der Waals surface area contributed by atoms with E-state index >= 15 is 0 Å². The molecule has 24 heavy (non-hydrogen) atoms. The summed E-state index contributed by atoms with van der Waals surface area (Å²) in [5.74, 6) is 0.791. The van der Waals surface area contributed by atoms with Crippen LogP contribution in [-0.2, 0) is 4.74 Å². The first-order chi connectivity index (χ1) is 11.7. The Morgan fingerprint density at radius 3 is 2.96 bits per heavy atom. The van der Waals surface area contributed by atoms with Crippen LogP contribution in [0.4, 0.5) is 0 Å². The number of benzene rings is 1. The van der Waals surface area contributed by atoms with Crippen molar-refractivity contribution in [3.05, 3.63) is 28.2 Å². The van der Waals surface area contributed by atoms with Gasteiger partial charge in [-0.05, 0) is 51.9 Å². The minimum atomic E-state index is 0.538. The van der Waals surface area contributed by atoms with Crippen LogP contribution in [0.15, 0.2) is 27.8 Å². The van der Waals surface area contributed by atoms with Crippen molar-refractivity contribution in [1.29, 1.82) is 0 Å². The number of nitrogens with zero attached hydrogens (tertiary/aromatic N) is 1. The largest absolute Gasteiger partial charge is 0.496 e. The zero-order valence-corrected chi connectivity index (χ0v) is 16.2. The summed E-state index contributed by atoms with van der Waals surface area (Å²) in [4.78, 5) is 1.60. The number of hydrogen-bond acceptors (Lipinski definition) is 4. The van der Waals surface area contributed by atoms with Crippen LogP contribution >= 0.6 is 28.1 Å². The molecule has 2 rings (SSSR count). The van der Waals surface area contributed by atoms with Gasteiger partial charge in [-0.2, -0.15) is 5.10 Å². The lowest BCUT2D eigenvalue weighted by atomic mass is 10.2. The lowest BCUT2D eigenvalue weighted by Crippen LogP contribution is -3.14. The molecule has 1 aliphatic rings. The highest BCUT2D eigenvalue weighted by Gasteiger charge is 2.12. The summed E-state index contributed by atoms with van der Waals surface area (Å²) in [7, 11) is 1.64. The predicted molar refractivity (Wildman–Crippen MR) is 103 cm³/mol. The van der Waals surface area contributed by atoms with Gasteiger partial charge < -0.3 is 19.7 Å². The van der Waals surface area contributed by atoms with Crippen molar-refractivity contribution < 1.29 is 14.4 Å². The van der Waals surface area contributed by atoms with Gasteiger partial charge in [0.25, 0.3) is 0 Å². The molecule has 1 saturated heterocycles. The topological polar surface area (TPSA) is 59.3 Å². The number of thiocarbonyl (C=S) groups is 1. The molecule has 0 radical (unpaired) electrons. The Morgan fingerprint density at radius 1 is 1.46 bits per heavy atom. The number of methoxy groups -OCH3 is 1. The van der Waals surface area contributed by atoms with Crippen molar-refractivity contribution >= 4 is 39.5 Å². The summed E-state index contributed by atoms with van der Waals surface area (Å²) in [6, 6.07) is 5.75. The van der Waals surface area contributed by atoms with Crippen molar-refractivity contribution in [3.63, 3.8) is 0 Å². The Hall–Kier alpha value is -1.22. The smallest absolute Gasteiger partial charge is 0.186 e. The van der Waals surface area contributed by atoms with Crippen LogP contribution in [0.3, 0.4) is 0 Å². The van der Waals surface area contributed by atoms with E-state index in [4.69, 9.17) is 21.7 Å². The molecule has 132 valence electrons. The van der Waals surface area contributed by atoms with Crippen LogP contribution in [0, 0.1) is 0 Å². The Balaban J connectivity index is 1.62. The molecule has 0 aliphatic carbocycles. The molecule has 0 amide bonds. The zero-order chi connectivity index (χ0) is 17.2. The second kappa shape index (κ2) is 10.6. The molecule has 1 fully saturated rings. The van der Waals surface area contributed by atoms with Gasteiger partial charge in [0.05, 0.1) is 37.6 Å². The fourth-order valence-corrected chi connectivity index (χ4v) is 3.13. The van der Waals surface area contributed by atoms with Crippen LogP contribution in [0.25, 0.3) is 0 Å². The van der Waals surface area contributed by atoms with Gasteiger partial charge in [0.2, 0.25) is 0 Å². The van der Waals surface area contributed by atoms with Gasteiger partial charge >= 0.3 is 0 Å². The number of quaternary nitrogens is 1. The summed E-state index contributed by atoms with van der Waals surface area (Å²) in [5.41, 5.74) is 3.79. The van der Waals surface area contributed by atoms with Gasteiger partial charge in [0.1, 0.15) is 18.8 Å². The fourth-order valence-electron chi connectivity index (χ4n) is 2.42. The van der Waals surface area contributed by atoms with E-state index < -0.39 is 0 Å². The maximum absolute atomic E-state index is 5.35. The molecule has 1 aromatic rings. The van der Waals surface area contributed by atoms with Crippen LogP contribution in [0.1, 0.15) is 12.0 Å². The fraction of sp³-hybridized carbons (Fsp3) is 0.500. The monoisotopic (exact) mass is 415 g/mol. The van der Waals surface area contributed by atoms with Gasteiger partial charge in [0, 0.05) is 13.0 Å². The zero-order valence-electron chi connectivity index (χ0n) is 13.8. The van der Waals surface area contributed by atoms with E-state index in [9.17, 15) is 0 Å². The minimum absolute atomic E-state index is 0.538. The third-order valence-corrected chi connectivity index (χ3v) is 4.60. The predicted octanol–water partition coefficient (Wildman–Crippen LogP) is 0.561. The number of hydrazone groups is 1. The maximum atomic E-state index is 5.35. The van der Waals surface area contributed by atoms with E-state index in [0.29, 0.717) is 5.11 Å². The van der Waals surface area contributed by atoms with Crippen molar-refractivity contribution in [2.45, 2.75) is 6.42 Å². The molecule has 0 saturated carbocycles. The molecule has 0 unspecified atom stereocenters. The lowest BCUT2D eigenvalue weighted by molar-refractivity contribution is -0.908. The molecule has 1 heterocycles. The van der Waals surface area contributed by atoms with Crippen molar-refractivity contribution in [1.82, 2.24) is 10.7 Å². The summed E-state index contributed by atoms with van der Waals surface area (Å²) in [6.07, 6.45) is 2.79. The molecular formula is C16H24BrN4O2S+. The quantitative estimate of drug-likeness (QED) is 0.263. The van der Waals surface area contributed by atoms with E-state index in [-0.39, 0.29) is 0 Å². The van der Waals surface area contributed by atoms with Crippen molar-refractivity contribution in [3.8, 4) is 5.75 Å². The first kappa shape index (κ1) is 19.1. The maximum Gasteiger partial charge on any atom is 0.186 e. The number of morpholine rings is 1. The summed E-state index contributed by atoms with van der Waals surface area (Å²) in [5, 5.41) is 7.85. The van der Waals surface area contributed by atoms with E-state index in [2.05, 4.69) is 31.8 Å². The van der Waals surface area contributed by atoms with Crippen LogP contribution < -0.4 is 20.4 Å². The van der Waals surface area contributed by atoms with E-state index in [0.717, 1.165) is 61.6 Å². The van der Waals surface area contributed by atoms with Crippen molar-refractivity contribution in [2.75, 3.05) is 46.5 Å². The lowest BCUT2D eigenvalue weighted by Gasteiger charge is -2.23. The second-order valence-electron chi connectivity index (χ2n) is 5.49. The third-order valence-electron chi connectivity index (χ3n) is 3.75. The van der Waals surface area contributed by atoms with E-state index in [1.165, 1.54) is 0 Å². The summed E-state index contributed by atoms with van der Waals surface area (Å²) in [6.45, 7) is 5.94. The van der Waals surface area contributed by atoms with Gasteiger partial charge in [-0.15, -0.1) is 0 Å². The van der Waals surface area contributed by atoms with Gasteiger partial charge in [-0.3, -0.25) is 5.43 Å². The first-order valence-corrected chi connectivity index (χ1v) is 9.21. The number of hydrogen-bond donors (Lipinski definition) is 3. The highest BCUT2D eigenvalue weighted by atomic mass is 79.9. The van der Waals surface area contributed by atoms with Crippen LogP contribution in [-0.4, -0.2) is 57.8 Å². The van der Waals surface area contributed by atoms with E-state index in [1.807, 2.05) is 18.2 Å². The molecule has 6 nitrogen and oxygen atoms in total. The number of halogens is 1. The first-order valence-electron chi connectivity index (χ1n) is 8.01. The standard InChI is InChI=1S/C16H23BrN4O2S/c1-22-15-4-3-13(11-14(15)17)12-19-20-16(24)18-5-2-6-21-7-9-23-10-8-21/h3-4,11-12H,2,5-10H2,1H3,(H2,18,20,24)/p+1/b19-12-. The van der Waals surface area contributed by atoms with Gasteiger partial charge in [-0.25, -0.2) is 0 Å². The summed E-state index contributed by atoms with van der Waals surface area (Å²) >= 11 is 8.66. The van der Waals surface area contributed by atoms with Crippen LogP contribution in [0.5, 0.6) is 5.75 Å². The SMILES string of the molecule is COc1ccc(/C=N\NC(=S)NCCC[NH+]2CCOCC2)cc1Br. The Kier molecular flexibility index (Phi) is 8.44. The molecule has 3 N–H and O–H groups in total. The molecule has 0 aromatic heterocycles. The van der Waals surface area contributed by atoms with Gasteiger partial charge in [0.15, 0.2) is 5.11 Å². The number of nitrogens with one attached hydrogen (secondary N) is 3. The third kappa shape index (κ3) is 6.72. The Morgan fingerprint density at radius 2 is 2.25 bits per heavy atom. The van der Waals surface area contributed by atoms with Crippen molar-refractivity contribution in [2.24, 2.45) is 5.10 Å². The molecule has 1 aromatic carbocycles. The van der Waals surface area contributed by atoms with Crippen LogP contribution in [0.2, 0.25) is 0 Å². The summed E-state index contributed by atoms with van der Waals surface area (Å²) < 4.78 is 11.4. The molecule has 0 spiro atoms. The normalized spacial score (nSPS) is 15.4. The highest BCUT2D eigenvalue weighted by molar-refractivity contribution is 9.10.